The first-order valence-electron chi connectivity index (χ1n) is 7.47. The summed E-state index contributed by atoms with van der Waals surface area (Å²) in [5.41, 5.74) is 3.18. The lowest BCUT2D eigenvalue weighted by Crippen LogP contribution is -2.24. The fraction of sp³-hybridized carbons (Fsp3) is 0.111. The molecule has 4 rings (SSSR count). The van der Waals surface area contributed by atoms with Crippen LogP contribution in [0.3, 0.4) is 0 Å². The van der Waals surface area contributed by atoms with Gasteiger partial charge in [-0.1, -0.05) is 35.5 Å². The van der Waals surface area contributed by atoms with Gasteiger partial charge in [-0.3, -0.25) is 4.79 Å². The SMILES string of the molecule is CC1=NN(c2ccc(Cl)cc2)C(=O)C1=C1Sc2ccccc2N1C. The summed E-state index contributed by atoms with van der Waals surface area (Å²) >= 11 is 7.53. The summed E-state index contributed by atoms with van der Waals surface area (Å²) in [6, 6.07) is 15.2. The molecule has 0 radical (unpaired) electrons. The molecule has 2 heterocycles. The number of hydrazone groups is 1. The topological polar surface area (TPSA) is 35.9 Å². The Hall–Kier alpha value is -2.24. The predicted molar refractivity (Wildman–Crippen MR) is 99.8 cm³/mol. The van der Waals surface area contributed by atoms with Gasteiger partial charge in [-0.05, 0) is 43.3 Å². The fourth-order valence-electron chi connectivity index (χ4n) is 2.83. The Morgan fingerprint density at radius 1 is 1.08 bits per heavy atom. The molecule has 0 fully saturated rings. The van der Waals surface area contributed by atoms with E-state index in [4.69, 9.17) is 11.6 Å². The van der Waals surface area contributed by atoms with Gasteiger partial charge in [0.1, 0.15) is 0 Å². The maximum Gasteiger partial charge on any atom is 0.283 e. The lowest BCUT2D eigenvalue weighted by atomic mass is 10.2. The number of anilines is 2. The van der Waals surface area contributed by atoms with Crippen LogP contribution < -0.4 is 9.91 Å². The summed E-state index contributed by atoms with van der Waals surface area (Å²) in [6.45, 7) is 1.87. The molecule has 0 aliphatic carbocycles. The second-order valence-electron chi connectivity index (χ2n) is 5.59. The molecule has 0 spiro atoms. The lowest BCUT2D eigenvalue weighted by molar-refractivity contribution is -0.114. The van der Waals surface area contributed by atoms with Crippen LogP contribution in [-0.4, -0.2) is 18.7 Å². The third kappa shape index (κ3) is 2.32. The van der Waals surface area contributed by atoms with Gasteiger partial charge in [0.05, 0.1) is 27.7 Å². The Labute approximate surface area is 149 Å². The molecule has 2 aliphatic rings. The lowest BCUT2D eigenvalue weighted by Gasteiger charge is -2.16. The highest BCUT2D eigenvalue weighted by Crippen LogP contribution is 2.47. The largest absolute Gasteiger partial charge is 0.337 e. The molecule has 6 heteroatoms. The number of nitrogens with zero attached hydrogens (tertiary/aromatic N) is 3. The van der Waals surface area contributed by atoms with Crippen molar-refractivity contribution >= 4 is 46.4 Å². The number of benzene rings is 2. The molecule has 0 bridgehead atoms. The number of carbonyl (C=O) groups excluding carboxylic acids is 1. The van der Waals surface area contributed by atoms with Gasteiger partial charge in [0.25, 0.3) is 5.91 Å². The highest BCUT2D eigenvalue weighted by atomic mass is 35.5. The van der Waals surface area contributed by atoms with Crippen LogP contribution in [0.2, 0.25) is 5.02 Å². The smallest absolute Gasteiger partial charge is 0.283 e. The Bertz CT molecular complexity index is 905. The molecule has 0 unspecified atom stereocenters. The average molecular weight is 356 g/mol. The first-order chi connectivity index (χ1) is 11.6. The minimum Gasteiger partial charge on any atom is -0.337 e. The number of para-hydroxylation sites is 1. The van der Waals surface area contributed by atoms with Crippen molar-refractivity contribution < 1.29 is 4.79 Å². The number of carbonyl (C=O) groups is 1. The van der Waals surface area contributed by atoms with E-state index < -0.39 is 0 Å². The number of hydrogen-bond acceptors (Lipinski definition) is 4. The Morgan fingerprint density at radius 2 is 1.79 bits per heavy atom. The zero-order valence-electron chi connectivity index (χ0n) is 13.2. The maximum atomic E-state index is 13.0. The first kappa shape index (κ1) is 15.3. The van der Waals surface area contributed by atoms with Gasteiger partial charge < -0.3 is 4.90 Å². The first-order valence-corrected chi connectivity index (χ1v) is 8.66. The van der Waals surface area contributed by atoms with Crippen LogP contribution in [0.15, 0.2) is 69.1 Å². The molecule has 4 nitrogen and oxygen atoms in total. The van der Waals surface area contributed by atoms with E-state index in [1.54, 1.807) is 36.0 Å². The molecule has 2 aromatic rings. The Morgan fingerprint density at radius 3 is 2.50 bits per heavy atom. The van der Waals surface area contributed by atoms with Crippen molar-refractivity contribution in [3.8, 4) is 0 Å². The van der Waals surface area contributed by atoms with E-state index in [0.29, 0.717) is 16.3 Å². The van der Waals surface area contributed by atoms with Crippen LogP contribution in [0.5, 0.6) is 0 Å². The van der Waals surface area contributed by atoms with Crippen LogP contribution in [0.25, 0.3) is 0 Å². The van der Waals surface area contributed by atoms with Crippen molar-refractivity contribution in [1.82, 2.24) is 0 Å². The molecule has 24 heavy (non-hydrogen) atoms. The van der Waals surface area contributed by atoms with Gasteiger partial charge in [-0.15, -0.1) is 0 Å². The van der Waals surface area contributed by atoms with Gasteiger partial charge in [0.2, 0.25) is 0 Å². The Kier molecular flexibility index (Phi) is 3.62. The zero-order chi connectivity index (χ0) is 16.8. The highest BCUT2D eigenvalue weighted by Gasteiger charge is 2.36. The molecule has 2 aliphatic heterocycles. The van der Waals surface area contributed by atoms with Crippen molar-refractivity contribution in [2.75, 3.05) is 17.0 Å². The molecule has 0 atom stereocenters. The van der Waals surface area contributed by atoms with E-state index in [2.05, 4.69) is 22.1 Å². The van der Waals surface area contributed by atoms with Crippen molar-refractivity contribution in [2.45, 2.75) is 11.8 Å². The van der Waals surface area contributed by atoms with E-state index in [1.165, 1.54) is 5.01 Å². The third-order valence-corrected chi connectivity index (χ3v) is 5.53. The van der Waals surface area contributed by atoms with Crippen molar-refractivity contribution in [3.63, 3.8) is 0 Å². The standard InChI is InChI=1S/C18H14ClN3OS/c1-11-16(18-21(2)14-5-3-4-6-15(14)24-18)17(23)22(20-11)13-9-7-12(19)8-10-13/h3-10H,1-2H3. The van der Waals surface area contributed by atoms with Gasteiger partial charge >= 0.3 is 0 Å². The molecule has 0 N–H and O–H groups in total. The molecule has 1 amide bonds. The molecule has 2 aromatic carbocycles. The summed E-state index contributed by atoms with van der Waals surface area (Å²) in [5, 5.41) is 7.43. The molecular weight excluding hydrogens is 342 g/mol. The number of rotatable bonds is 1. The van der Waals surface area contributed by atoms with E-state index >= 15 is 0 Å². The number of amides is 1. The predicted octanol–water partition coefficient (Wildman–Crippen LogP) is 4.52. The highest BCUT2D eigenvalue weighted by molar-refractivity contribution is 8.03. The number of halogens is 1. The summed E-state index contributed by atoms with van der Waals surface area (Å²) in [7, 11) is 1.98. The van der Waals surface area contributed by atoms with Crippen molar-refractivity contribution in [2.24, 2.45) is 5.10 Å². The monoisotopic (exact) mass is 355 g/mol. The van der Waals surface area contributed by atoms with Gasteiger partial charge in [-0.2, -0.15) is 10.1 Å². The van der Waals surface area contributed by atoms with Gasteiger partial charge in [0, 0.05) is 17.0 Å². The molecule has 120 valence electrons. The molecule has 0 aromatic heterocycles. The van der Waals surface area contributed by atoms with Crippen molar-refractivity contribution in [3.05, 3.63) is 64.2 Å². The fourth-order valence-corrected chi connectivity index (χ4v) is 4.19. The van der Waals surface area contributed by atoms with Gasteiger partial charge in [0.15, 0.2) is 0 Å². The zero-order valence-corrected chi connectivity index (χ0v) is 14.7. The second-order valence-corrected chi connectivity index (χ2v) is 7.05. The molecule has 0 saturated heterocycles. The summed E-state index contributed by atoms with van der Waals surface area (Å²) in [4.78, 5) is 16.2. The summed E-state index contributed by atoms with van der Waals surface area (Å²) < 4.78 is 0. The average Bonchev–Trinajstić information content (AvgIpc) is 3.05. The van der Waals surface area contributed by atoms with Crippen LogP contribution in [0, 0.1) is 0 Å². The number of thioether (sulfide) groups is 1. The quantitative estimate of drug-likeness (QED) is 0.706. The Balaban J connectivity index is 1.75. The molecule has 0 saturated carbocycles. The van der Waals surface area contributed by atoms with E-state index in [-0.39, 0.29) is 5.91 Å². The number of fused-ring (bicyclic) bond motifs is 1. The molecular formula is C18H14ClN3OS. The van der Waals surface area contributed by atoms with E-state index in [1.807, 2.05) is 26.1 Å². The maximum absolute atomic E-state index is 13.0. The summed E-state index contributed by atoms with van der Waals surface area (Å²) in [5.74, 6) is -0.114. The van der Waals surface area contributed by atoms with Crippen LogP contribution in [-0.2, 0) is 4.79 Å². The minimum atomic E-state index is -0.114. The van der Waals surface area contributed by atoms with Gasteiger partial charge in [-0.25, -0.2) is 0 Å². The van der Waals surface area contributed by atoms with Crippen LogP contribution in [0.1, 0.15) is 6.92 Å². The number of hydrogen-bond donors (Lipinski definition) is 0. The normalized spacial score (nSPS) is 19.8. The van der Waals surface area contributed by atoms with Crippen molar-refractivity contribution in [1.29, 1.82) is 0 Å². The second kappa shape index (κ2) is 5.69. The minimum absolute atomic E-state index is 0.114. The third-order valence-electron chi connectivity index (χ3n) is 4.04. The van der Waals surface area contributed by atoms with Crippen LogP contribution in [0.4, 0.5) is 11.4 Å². The van der Waals surface area contributed by atoms with Crippen LogP contribution >= 0.6 is 23.4 Å². The summed E-state index contributed by atoms with van der Waals surface area (Å²) in [6.07, 6.45) is 0. The van der Waals surface area contributed by atoms with E-state index in [9.17, 15) is 4.79 Å². The van der Waals surface area contributed by atoms with E-state index in [0.717, 1.165) is 21.3 Å².